The van der Waals surface area contributed by atoms with Crippen LogP contribution in [0.2, 0.25) is 0 Å². The van der Waals surface area contributed by atoms with E-state index in [1.165, 1.54) is 25.7 Å². The van der Waals surface area contributed by atoms with Gasteiger partial charge in [-0.25, -0.2) is 0 Å². The highest BCUT2D eigenvalue weighted by atomic mass is 35.5. The molecule has 0 bridgehead atoms. The van der Waals surface area contributed by atoms with Crippen LogP contribution in [0.5, 0.6) is 0 Å². The molecule has 0 aromatic heterocycles. The van der Waals surface area contributed by atoms with Gasteiger partial charge >= 0.3 is 0 Å². The molecule has 2 N–H and O–H groups in total. The molecule has 0 aromatic carbocycles. The van der Waals surface area contributed by atoms with E-state index in [9.17, 15) is 0 Å². The van der Waals surface area contributed by atoms with Gasteiger partial charge in [-0.15, -0.1) is 12.4 Å². The molecule has 1 rings (SSSR count). The van der Waals surface area contributed by atoms with Gasteiger partial charge in [0, 0.05) is 6.04 Å². The fraction of sp³-hybridized carbons (Fsp3) is 0.857. The van der Waals surface area contributed by atoms with Crippen molar-refractivity contribution in [1.29, 1.82) is 0 Å². The molecule has 0 aromatic rings. The first kappa shape index (κ1) is 16.0. The van der Waals surface area contributed by atoms with Crippen LogP contribution in [0.25, 0.3) is 0 Å². The first-order valence-corrected chi connectivity index (χ1v) is 6.42. The fourth-order valence-corrected chi connectivity index (χ4v) is 2.76. The number of allylic oxidation sites excluding steroid dienone is 2. The van der Waals surface area contributed by atoms with E-state index >= 15 is 0 Å². The number of nitrogens with two attached hydrogens (primary N) is 1. The minimum Gasteiger partial charge on any atom is -0.328 e. The molecule has 1 aliphatic carbocycles. The van der Waals surface area contributed by atoms with E-state index in [1.54, 1.807) is 11.1 Å². The second kappa shape index (κ2) is 6.66. The summed E-state index contributed by atoms with van der Waals surface area (Å²) in [6, 6.07) is 0.392. The summed E-state index contributed by atoms with van der Waals surface area (Å²) >= 11 is 0. The molecule has 0 saturated carbocycles. The van der Waals surface area contributed by atoms with Gasteiger partial charge in [-0.1, -0.05) is 31.9 Å². The van der Waals surface area contributed by atoms with Crippen molar-refractivity contribution in [2.24, 2.45) is 11.1 Å². The van der Waals surface area contributed by atoms with Gasteiger partial charge in [-0.05, 0) is 50.9 Å². The lowest BCUT2D eigenvalue weighted by Crippen LogP contribution is -2.24. The van der Waals surface area contributed by atoms with Crippen LogP contribution in [0.3, 0.4) is 0 Å². The van der Waals surface area contributed by atoms with Gasteiger partial charge < -0.3 is 5.73 Å². The minimum absolute atomic E-state index is 0. The lowest BCUT2D eigenvalue weighted by molar-refractivity contribution is 0.348. The predicted octanol–water partition coefficient (Wildman–Crippen LogP) is 4.45. The van der Waals surface area contributed by atoms with Crippen molar-refractivity contribution >= 4 is 12.4 Å². The maximum Gasteiger partial charge on any atom is 0.00392 e. The van der Waals surface area contributed by atoms with E-state index in [2.05, 4.69) is 27.7 Å². The van der Waals surface area contributed by atoms with Gasteiger partial charge in [0.15, 0.2) is 0 Å². The van der Waals surface area contributed by atoms with Gasteiger partial charge in [-0.2, -0.15) is 0 Å². The SMILES string of the molecule is CCC(N)CCC1=C(C)CCCC1(C)C.Cl. The summed E-state index contributed by atoms with van der Waals surface area (Å²) in [5.41, 5.74) is 9.75. The number of hydrogen-bond acceptors (Lipinski definition) is 1. The molecule has 96 valence electrons. The average Bonchev–Trinajstić information content (AvgIpc) is 2.15. The maximum atomic E-state index is 6.00. The molecule has 0 amide bonds. The molecule has 2 heteroatoms. The molecular weight excluding hydrogens is 218 g/mol. The highest BCUT2D eigenvalue weighted by Gasteiger charge is 2.27. The molecule has 16 heavy (non-hydrogen) atoms. The second-order valence-corrected chi connectivity index (χ2v) is 5.70. The van der Waals surface area contributed by atoms with Gasteiger partial charge in [-0.3, -0.25) is 0 Å². The largest absolute Gasteiger partial charge is 0.328 e. The molecule has 0 spiro atoms. The summed E-state index contributed by atoms with van der Waals surface area (Å²) in [5, 5.41) is 0. The van der Waals surface area contributed by atoms with E-state index < -0.39 is 0 Å². The topological polar surface area (TPSA) is 26.0 Å². The normalized spacial score (nSPS) is 21.6. The molecule has 1 aliphatic rings. The lowest BCUT2D eigenvalue weighted by atomic mass is 9.71. The van der Waals surface area contributed by atoms with Crippen LogP contribution < -0.4 is 5.73 Å². The Labute approximate surface area is 107 Å². The first-order valence-electron chi connectivity index (χ1n) is 6.42. The summed E-state index contributed by atoms with van der Waals surface area (Å²) in [4.78, 5) is 0. The van der Waals surface area contributed by atoms with E-state index in [1.807, 2.05) is 0 Å². The van der Waals surface area contributed by atoms with Crippen LogP contribution in [0.15, 0.2) is 11.1 Å². The minimum atomic E-state index is 0. The number of halogens is 1. The summed E-state index contributed by atoms with van der Waals surface area (Å²) < 4.78 is 0. The molecular formula is C14H28ClN. The van der Waals surface area contributed by atoms with Gasteiger partial charge in [0.05, 0.1) is 0 Å². The molecule has 0 heterocycles. The first-order chi connectivity index (χ1) is 6.97. The van der Waals surface area contributed by atoms with Crippen molar-refractivity contribution in [3.05, 3.63) is 11.1 Å². The Morgan fingerprint density at radius 3 is 2.50 bits per heavy atom. The number of rotatable bonds is 4. The molecule has 1 atom stereocenters. The van der Waals surface area contributed by atoms with Crippen molar-refractivity contribution in [1.82, 2.24) is 0 Å². The van der Waals surface area contributed by atoms with Crippen molar-refractivity contribution in [3.8, 4) is 0 Å². The summed E-state index contributed by atoms with van der Waals surface area (Å²) in [6.45, 7) is 9.27. The molecule has 0 aliphatic heterocycles. The van der Waals surface area contributed by atoms with Crippen LogP contribution in [0.4, 0.5) is 0 Å². The van der Waals surface area contributed by atoms with Crippen LogP contribution in [-0.2, 0) is 0 Å². The number of hydrogen-bond donors (Lipinski definition) is 1. The smallest absolute Gasteiger partial charge is 0.00392 e. The van der Waals surface area contributed by atoms with E-state index in [4.69, 9.17) is 5.73 Å². The Balaban J connectivity index is 0.00000225. The Bertz CT molecular complexity index is 243. The molecule has 1 unspecified atom stereocenters. The monoisotopic (exact) mass is 245 g/mol. The summed E-state index contributed by atoms with van der Waals surface area (Å²) in [7, 11) is 0. The predicted molar refractivity (Wildman–Crippen MR) is 75.1 cm³/mol. The van der Waals surface area contributed by atoms with Crippen LogP contribution >= 0.6 is 12.4 Å². The van der Waals surface area contributed by atoms with Crippen molar-refractivity contribution in [3.63, 3.8) is 0 Å². The van der Waals surface area contributed by atoms with E-state index in [0.29, 0.717) is 11.5 Å². The highest BCUT2D eigenvalue weighted by molar-refractivity contribution is 5.85. The third kappa shape index (κ3) is 4.10. The van der Waals surface area contributed by atoms with Crippen LogP contribution in [-0.4, -0.2) is 6.04 Å². The van der Waals surface area contributed by atoms with Crippen LogP contribution in [0.1, 0.15) is 66.2 Å². The zero-order valence-electron chi connectivity index (χ0n) is 11.3. The van der Waals surface area contributed by atoms with Crippen molar-refractivity contribution in [2.45, 2.75) is 72.3 Å². The molecule has 0 radical (unpaired) electrons. The molecule has 0 fully saturated rings. The standard InChI is InChI=1S/C14H27N.ClH/c1-5-12(15)8-9-13-11(2)7-6-10-14(13,3)4;/h12H,5-10,15H2,1-4H3;1H. The van der Waals surface area contributed by atoms with Gasteiger partial charge in [0.2, 0.25) is 0 Å². The zero-order chi connectivity index (χ0) is 11.5. The second-order valence-electron chi connectivity index (χ2n) is 5.70. The highest BCUT2D eigenvalue weighted by Crippen LogP contribution is 2.42. The fourth-order valence-electron chi connectivity index (χ4n) is 2.76. The molecule has 0 saturated heterocycles. The lowest BCUT2D eigenvalue weighted by Gasteiger charge is -2.35. The summed E-state index contributed by atoms with van der Waals surface area (Å²) in [6.07, 6.45) is 7.50. The zero-order valence-corrected chi connectivity index (χ0v) is 12.1. The van der Waals surface area contributed by atoms with E-state index in [0.717, 1.165) is 12.8 Å². The third-order valence-corrected chi connectivity index (χ3v) is 3.98. The van der Waals surface area contributed by atoms with Gasteiger partial charge in [0.25, 0.3) is 0 Å². The average molecular weight is 246 g/mol. The summed E-state index contributed by atoms with van der Waals surface area (Å²) in [5.74, 6) is 0. The van der Waals surface area contributed by atoms with Gasteiger partial charge in [0.1, 0.15) is 0 Å². The Morgan fingerprint density at radius 1 is 1.38 bits per heavy atom. The van der Waals surface area contributed by atoms with E-state index in [-0.39, 0.29) is 12.4 Å². The third-order valence-electron chi connectivity index (χ3n) is 3.98. The Morgan fingerprint density at radius 2 is 2.00 bits per heavy atom. The Hall–Kier alpha value is -0.0100. The molecule has 1 nitrogen and oxygen atoms in total. The quantitative estimate of drug-likeness (QED) is 0.728. The van der Waals surface area contributed by atoms with Crippen molar-refractivity contribution < 1.29 is 0 Å². The maximum absolute atomic E-state index is 6.00. The van der Waals surface area contributed by atoms with Crippen molar-refractivity contribution in [2.75, 3.05) is 0 Å². The van der Waals surface area contributed by atoms with Crippen LogP contribution in [0, 0.1) is 5.41 Å². The Kier molecular flexibility index (Phi) is 6.65.